The summed E-state index contributed by atoms with van der Waals surface area (Å²) >= 11 is 0. The van der Waals surface area contributed by atoms with E-state index in [-0.39, 0.29) is 0 Å². The minimum Gasteiger partial charge on any atom is -0.302 e. The highest BCUT2D eigenvalue weighted by atomic mass is 15.3. The average molecular weight is 225 g/mol. The van der Waals surface area contributed by atoms with Crippen LogP contribution in [0, 0.1) is 11.8 Å². The van der Waals surface area contributed by atoms with Crippen molar-refractivity contribution in [1.82, 2.24) is 10.3 Å². The van der Waals surface area contributed by atoms with Crippen LogP contribution < -0.4 is 11.3 Å². The van der Waals surface area contributed by atoms with Gasteiger partial charge in [-0.25, -0.2) is 0 Å². The zero-order chi connectivity index (χ0) is 11.8. The van der Waals surface area contributed by atoms with Crippen molar-refractivity contribution in [3.05, 3.63) is 0 Å². The summed E-state index contributed by atoms with van der Waals surface area (Å²) in [6.45, 7) is 2.39. The standard InChI is InChI=1S/C13H27N3/c1-10-5-4-8-13(9-10,16(2)3)12(15-14)11-6-7-11/h10-12,15H,4-9,14H2,1-3H3. The molecular weight excluding hydrogens is 198 g/mol. The van der Waals surface area contributed by atoms with Crippen LogP contribution in [0.3, 0.4) is 0 Å². The van der Waals surface area contributed by atoms with Crippen LogP contribution in [0.25, 0.3) is 0 Å². The summed E-state index contributed by atoms with van der Waals surface area (Å²) in [5, 5.41) is 0. The number of nitrogens with zero attached hydrogens (tertiary/aromatic N) is 1. The van der Waals surface area contributed by atoms with Crippen molar-refractivity contribution in [2.75, 3.05) is 14.1 Å². The lowest BCUT2D eigenvalue weighted by Crippen LogP contribution is -2.63. The monoisotopic (exact) mass is 225 g/mol. The van der Waals surface area contributed by atoms with Gasteiger partial charge in [-0.15, -0.1) is 0 Å². The number of hydrazine groups is 1. The van der Waals surface area contributed by atoms with Crippen LogP contribution in [0.15, 0.2) is 0 Å². The number of hydrogen-bond donors (Lipinski definition) is 2. The smallest absolute Gasteiger partial charge is 0.0422 e. The van der Waals surface area contributed by atoms with Crippen molar-refractivity contribution in [2.24, 2.45) is 17.7 Å². The van der Waals surface area contributed by atoms with Gasteiger partial charge in [-0.1, -0.05) is 19.8 Å². The van der Waals surface area contributed by atoms with Crippen LogP contribution in [0.2, 0.25) is 0 Å². The summed E-state index contributed by atoms with van der Waals surface area (Å²) in [6, 6.07) is 0.491. The Hall–Kier alpha value is -0.120. The molecule has 0 spiro atoms. The number of nitrogens with two attached hydrogens (primary N) is 1. The van der Waals surface area contributed by atoms with Gasteiger partial charge in [0.15, 0.2) is 0 Å². The molecule has 0 bridgehead atoms. The fraction of sp³-hybridized carbons (Fsp3) is 1.00. The summed E-state index contributed by atoms with van der Waals surface area (Å²) in [7, 11) is 4.45. The van der Waals surface area contributed by atoms with Crippen molar-refractivity contribution in [3.8, 4) is 0 Å². The number of hydrogen-bond acceptors (Lipinski definition) is 3. The Morgan fingerprint density at radius 1 is 1.31 bits per heavy atom. The molecule has 0 aromatic rings. The molecule has 2 fully saturated rings. The van der Waals surface area contributed by atoms with E-state index in [1.54, 1.807) is 0 Å². The fourth-order valence-electron chi connectivity index (χ4n) is 3.69. The minimum atomic E-state index is 0.299. The molecule has 3 atom stereocenters. The molecule has 0 aromatic heterocycles. The predicted octanol–water partition coefficient (Wildman–Crippen LogP) is 1.74. The molecule has 0 aromatic carbocycles. The van der Waals surface area contributed by atoms with Gasteiger partial charge in [0, 0.05) is 11.6 Å². The van der Waals surface area contributed by atoms with Gasteiger partial charge in [0.2, 0.25) is 0 Å². The quantitative estimate of drug-likeness (QED) is 0.565. The minimum absolute atomic E-state index is 0.299. The Morgan fingerprint density at radius 3 is 2.44 bits per heavy atom. The lowest BCUT2D eigenvalue weighted by Gasteiger charge is -2.50. The molecule has 2 saturated carbocycles. The van der Waals surface area contributed by atoms with Gasteiger partial charge in [0.05, 0.1) is 0 Å². The largest absolute Gasteiger partial charge is 0.302 e. The van der Waals surface area contributed by atoms with Crippen LogP contribution in [-0.2, 0) is 0 Å². The topological polar surface area (TPSA) is 41.3 Å². The van der Waals surface area contributed by atoms with E-state index in [1.807, 2.05) is 0 Å². The summed E-state index contributed by atoms with van der Waals surface area (Å²) in [5.74, 6) is 7.49. The highest BCUT2D eigenvalue weighted by molar-refractivity contribution is 5.06. The van der Waals surface area contributed by atoms with Crippen molar-refractivity contribution in [2.45, 2.75) is 57.0 Å². The van der Waals surface area contributed by atoms with E-state index in [0.29, 0.717) is 11.6 Å². The third kappa shape index (κ3) is 2.13. The molecule has 0 saturated heterocycles. The van der Waals surface area contributed by atoms with Crippen molar-refractivity contribution in [3.63, 3.8) is 0 Å². The maximum absolute atomic E-state index is 5.84. The van der Waals surface area contributed by atoms with E-state index in [4.69, 9.17) is 5.84 Å². The predicted molar refractivity (Wildman–Crippen MR) is 67.9 cm³/mol. The first kappa shape index (κ1) is 12.3. The maximum atomic E-state index is 5.84. The zero-order valence-corrected chi connectivity index (χ0v) is 11.0. The lowest BCUT2D eigenvalue weighted by molar-refractivity contribution is 0.0295. The first-order valence-electron chi connectivity index (χ1n) is 6.73. The molecule has 0 heterocycles. The van der Waals surface area contributed by atoms with E-state index < -0.39 is 0 Å². The third-order valence-corrected chi connectivity index (χ3v) is 4.75. The Labute approximate surface area is 99.7 Å². The van der Waals surface area contributed by atoms with Crippen LogP contribution in [-0.4, -0.2) is 30.6 Å². The second kappa shape index (κ2) is 4.63. The van der Waals surface area contributed by atoms with Gasteiger partial charge < -0.3 is 4.90 Å². The summed E-state index contributed by atoms with van der Waals surface area (Å²) in [6.07, 6.45) is 8.06. The molecule has 3 nitrogen and oxygen atoms in total. The zero-order valence-electron chi connectivity index (χ0n) is 11.0. The van der Waals surface area contributed by atoms with E-state index in [1.165, 1.54) is 38.5 Å². The molecule has 94 valence electrons. The van der Waals surface area contributed by atoms with Crippen LogP contribution in [0.1, 0.15) is 45.4 Å². The van der Waals surface area contributed by atoms with Crippen molar-refractivity contribution in [1.29, 1.82) is 0 Å². The molecule has 0 radical (unpaired) electrons. The van der Waals surface area contributed by atoms with Crippen LogP contribution >= 0.6 is 0 Å². The van der Waals surface area contributed by atoms with Gasteiger partial charge in [-0.3, -0.25) is 11.3 Å². The first-order valence-corrected chi connectivity index (χ1v) is 6.73. The number of nitrogens with one attached hydrogen (secondary N) is 1. The van der Waals surface area contributed by atoms with Crippen LogP contribution in [0.4, 0.5) is 0 Å². The maximum Gasteiger partial charge on any atom is 0.0422 e. The SMILES string of the molecule is CC1CCCC(C(NN)C2CC2)(N(C)C)C1. The highest BCUT2D eigenvalue weighted by Gasteiger charge is 2.49. The molecule has 0 amide bonds. The Morgan fingerprint density at radius 2 is 2.00 bits per heavy atom. The van der Waals surface area contributed by atoms with Crippen molar-refractivity contribution < 1.29 is 0 Å². The van der Waals surface area contributed by atoms with Gasteiger partial charge in [-0.2, -0.15) is 0 Å². The Bertz CT molecular complexity index is 237. The Balaban J connectivity index is 2.18. The fourth-order valence-corrected chi connectivity index (χ4v) is 3.69. The lowest BCUT2D eigenvalue weighted by atomic mass is 9.70. The molecule has 3 heteroatoms. The molecule has 3 unspecified atom stereocenters. The second-order valence-corrected chi connectivity index (χ2v) is 6.18. The third-order valence-electron chi connectivity index (χ3n) is 4.75. The average Bonchev–Trinajstić information content (AvgIpc) is 3.03. The molecule has 16 heavy (non-hydrogen) atoms. The molecule has 2 aliphatic rings. The molecular formula is C13H27N3. The van der Waals surface area contributed by atoms with E-state index in [0.717, 1.165) is 11.8 Å². The van der Waals surface area contributed by atoms with E-state index in [2.05, 4.69) is 31.3 Å². The van der Waals surface area contributed by atoms with Gasteiger partial charge >= 0.3 is 0 Å². The summed E-state index contributed by atoms with van der Waals surface area (Å²) in [4.78, 5) is 2.44. The normalized spacial score (nSPS) is 37.7. The molecule has 2 rings (SSSR count). The van der Waals surface area contributed by atoms with E-state index in [9.17, 15) is 0 Å². The van der Waals surface area contributed by atoms with Crippen LogP contribution in [0.5, 0.6) is 0 Å². The first-order chi connectivity index (χ1) is 7.60. The second-order valence-electron chi connectivity index (χ2n) is 6.18. The molecule has 2 aliphatic carbocycles. The highest BCUT2D eigenvalue weighted by Crippen LogP contribution is 2.45. The van der Waals surface area contributed by atoms with E-state index >= 15 is 0 Å². The number of likely N-dealkylation sites (N-methyl/N-ethyl adjacent to an activating group) is 1. The summed E-state index contributed by atoms with van der Waals surface area (Å²) < 4.78 is 0. The van der Waals surface area contributed by atoms with Gasteiger partial charge in [0.25, 0.3) is 0 Å². The molecule has 0 aliphatic heterocycles. The molecule has 3 N–H and O–H groups in total. The number of rotatable bonds is 4. The van der Waals surface area contributed by atoms with Crippen molar-refractivity contribution >= 4 is 0 Å². The van der Waals surface area contributed by atoms with Gasteiger partial charge in [-0.05, 0) is 51.6 Å². The van der Waals surface area contributed by atoms with Gasteiger partial charge in [0.1, 0.15) is 0 Å². The summed E-state index contributed by atoms with van der Waals surface area (Å²) in [5.41, 5.74) is 3.43. The Kier molecular flexibility index (Phi) is 3.57.